The predicted octanol–water partition coefficient (Wildman–Crippen LogP) is 3.32. The molecule has 0 saturated heterocycles. The van der Waals surface area contributed by atoms with Gasteiger partial charge in [-0.1, -0.05) is 43.0 Å². The first-order valence-electron chi connectivity index (χ1n) is 8.07. The molecule has 4 rings (SSSR count). The van der Waals surface area contributed by atoms with Crippen LogP contribution in [0.4, 0.5) is 0 Å². The third-order valence-corrected chi connectivity index (χ3v) is 6.75. The lowest BCUT2D eigenvalue weighted by Crippen LogP contribution is -2.39. The number of nitrogens with zero attached hydrogens (tertiary/aromatic N) is 3. The third-order valence-electron chi connectivity index (χ3n) is 4.71. The van der Waals surface area contributed by atoms with Gasteiger partial charge in [0.25, 0.3) is 0 Å². The average Bonchev–Trinajstić information content (AvgIpc) is 2.88. The van der Waals surface area contributed by atoms with Gasteiger partial charge in [0.15, 0.2) is 13.2 Å². The molecule has 116 valence electrons. The van der Waals surface area contributed by atoms with Crippen molar-refractivity contribution in [2.24, 2.45) is 7.05 Å². The van der Waals surface area contributed by atoms with Crippen LogP contribution in [0, 0.1) is 6.92 Å². The molecule has 0 radical (unpaired) electrons. The summed E-state index contributed by atoms with van der Waals surface area (Å²) in [5.41, 5.74) is 4.86. The fourth-order valence-electron chi connectivity index (χ4n) is 3.61. The molecule has 0 bridgehead atoms. The SMILES string of the molecule is Cc1ccnc2c3c([Si](C)(C)C)cccc3c3cc[n+](C)n3c12. The van der Waals surface area contributed by atoms with Crippen molar-refractivity contribution in [2.45, 2.75) is 26.6 Å². The van der Waals surface area contributed by atoms with E-state index in [1.807, 2.05) is 6.20 Å². The zero-order valence-electron chi connectivity index (χ0n) is 14.4. The Hall–Kier alpha value is -2.20. The van der Waals surface area contributed by atoms with E-state index < -0.39 is 8.07 Å². The molecule has 0 unspecified atom stereocenters. The summed E-state index contributed by atoms with van der Waals surface area (Å²) in [7, 11) is 0.621. The fraction of sp³-hybridized carbons (Fsp3) is 0.263. The number of aromatic nitrogens is 3. The van der Waals surface area contributed by atoms with Crippen molar-refractivity contribution in [1.82, 2.24) is 9.50 Å². The molecule has 0 spiro atoms. The molecule has 4 aromatic rings. The van der Waals surface area contributed by atoms with Gasteiger partial charge in [0, 0.05) is 23.0 Å². The summed E-state index contributed by atoms with van der Waals surface area (Å²) < 4.78 is 4.43. The third kappa shape index (κ3) is 1.94. The van der Waals surface area contributed by atoms with Crippen LogP contribution in [-0.4, -0.2) is 17.6 Å². The van der Waals surface area contributed by atoms with Gasteiger partial charge in [0.1, 0.15) is 16.6 Å². The van der Waals surface area contributed by atoms with E-state index in [2.05, 4.69) is 79.3 Å². The lowest BCUT2D eigenvalue weighted by Gasteiger charge is -2.20. The van der Waals surface area contributed by atoms with Gasteiger partial charge in [-0.2, -0.15) is 0 Å². The number of hydrogen-bond donors (Lipinski definition) is 0. The molecule has 0 aliphatic heterocycles. The minimum atomic E-state index is -1.47. The quantitative estimate of drug-likeness (QED) is 0.299. The summed E-state index contributed by atoms with van der Waals surface area (Å²) in [6.45, 7) is 9.40. The van der Waals surface area contributed by atoms with Crippen molar-refractivity contribution < 1.29 is 4.68 Å². The molecule has 0 fully saturated rings. The Morgan fingerprint density at radius 1 is 1.09 bits per heavy atom. The molecule has 0 aliphatic rings. The summed E-state index contributed by atoms with van der Waals surface area (Å²) in [4.78, 5) is 4.80. The van der Waals surface area contributed by atoms with E-state index >= 15 is 0 Å². The molecule has 4 heteroatoms. The lowest BCUT2D eigenvalue weighted by atomic mass is 10.1. The Kier molecular flexibility index (Phi) is 2.91. The molecular formula is C19H22N3Si+. The fourth-order valence-corrected chi connectivity index (χ4v) is 5.21. The lowest BCUT2D eigenvalue weighted by molar-refractivity contribution is -0.735. The van der Waals surface area contributed by atoms with Crippen LogP contribution in [0.5, 0.6) is 0 Å². The number of benzene rings is 1. The Labute approximate surface area is 137 Å². The van der Waals surface area contributed by atoms with Crippen LogP contribution in [0.25, 0.3) is 27.3 Å². The largest absolute Gasteiger partial charge is 0.254 e. The van der Waals surface area contributed by atoms with Crippen molar-refractivity contribution in [3.8, 4) is 0 Å². The van der Waals surface area contributed by atoms with Crippen LogP contribution in [0.15, 0.2) is 42.7 Å². The van der Waals surface area contributed by atoms with E-state index in [1.54, 1.807) is 0 Å². The summed E-state index contributed by atoms with van der Waals surface area (Å²) in [5.74, 6) is 0. The first kappa shape index (κ1) is 14.4. The van der Waals surface area contributed by atoms with Crippen LogP contribution < -0.4 is 9.87 Å². The molecule has 0 amide bonds. The smallest absolute Gasteiger partial charge is 0.196 e. The minimum Gasteiger partial charge on any atom is -0.254 e. The van der Waals surface area contributed by atoms with E-state index in [9.17, 15) is 0 Å². The van der Waals surface area contributed by atoms with Crippen LogP contribution in [0.1, 0.15) is 5.56 Å². The van der Waals surface area contributed by atoms with Crippen molar-refractivity contribution >= 4 is 40.6 Å². The highest BCUT2D eigenvalue weighted by Crippen LogP contribution is 2.29. The molecule has 0 saturated carbocycles. The van der Waals surface area contributed by atoms with E-state index in [0.29, 0.717) is 0 Å². The topological polar surface area (TPSA) is 21.2 Å². The summed E-state index contributed by atoms with van der Waals surface area (Å²) in [5, 5.41) is 4.14. The molecule has 0 aliphatic carbocycles. The second-order valence-electron chi connectivity index (χ2n) is 7.39. The summed E-state index contributed by atoms with van der Waals surface area (Å²) in [6, 6.07) is 11.0. The monoisotopic (exact) mass is 320 g/mol. The van der Waals surface area contributed by atoms with Crippen LogP contribution in [0.2, 0.25) is 19.6 Å². The molecule has 3 aromatic heterocycles. The van der Waals surface area contributed by atoms with Gasteiger partial charge in [-0.15, -0.1) is 9.20 Å². The standard InChI is InChI=1S/C19H22N3Si/c1-13-9-11-20-18-17-14(7-6-8-16(17)23(3,4)5)15-10-12-21(2)22(15)19(13)18/h6-12H,1-5H3/q+1. The first-order valence-corrected chi connectivity index (χ1v) is 11.6. The van der Waals surface area contributed by atoms with E-state index in [4.69, 9.17) is 4.98 Å². The maximum absolute atomic E-state index is 4.80. The molecule has 0 N–H and O–H groups in total. The van der Waals surface area contributed by atoms with Gasteiger partial charge in [-0.05, 0) is 18.6 Å². The summed E-state index contributed by atoms with van der Waals surface area (Å²) in [6.07, 6.45) is 4.06. The predicted molar refractivity (Wildman–Crippen MR) is 99.1 cm³/mol. The van der Waals surface area contributed by atoms with Crippen LogP contribution in [-0.2, 0) is 7.05 Å². The van der Waals surface area contributed by atoms with Crippen molar-refractivity contribution in [3.63, 3.8) is 0 Å². The Balaban J connectivity index is 2.42. The minimum absolute atomic E-state index is 1.12. The van der Waals surface area contributed by atoms with Gasteiger partial charge < -0.3 is 0 Å². The number of fused-ring (bicyclic) bond motifs is 6. The van der Waals surface area contributed by atoms with Gasteiger partial charge in [-0.3, -0.25) is 4.98 Å². The van der Waals surface area contributed by atoms with Crippen molar-refractivity contribution in [3.05, 3.63) is 48.3 Å². The van der Waals surface area contributed by atoms with Gasteiger partial charge in [0.2, 0.25) is 0 Å². The van der Waals surface area contributed by atoms with E-state index in [0.717, 1.165) is 5.52 Å². The number of aryl methyl sites for hydroxylation is 2. The zero-order valence-corrected chi connectivity index (χ0v) is 15.4. The van der Waals surface area contributed by atoms with E-state index in [1.165, 1.54) is 32.6 Å². The highest BCUT2D eigenvalue weighted by molar-refractivity contribution is 6.90. The second-order valence-corrected chi connectivity index (χ2v) is 12.4. The van der Waals surface area contributed by atoms with Crippen LogP contribution in [0.3, 0.4) is 0 Å². The molecule has 23 heavy (non-hydrogen) atoms. The highest BCUT2D eigenvalue weighted by atomic mass is 28.3. The molecule has 3 nitrogen and oxygen atoms in total. The molecule has 1 aromatic carbocycles. The molecule has 0 atom stereocenters. The Bertz CT molecular complexity index is 1070. The highest BCUT2D eigenvalue weighted by Gasteiger charge is 2.24. The number of rotatable bonds is 1. The average molecular weight is 320 g/mol. The van der Waals surface area contributed by atoms with E-state index in [-0.39, 0.29) is 0 Å². The van der Waals surface area contributed by atoms with Crippen LogP contribution >= 0.6 is 0 Å². The van der Waals surface area contributed by atoms with Crippen molar-refractivity contribution in [1.29, 1.82) is 0 Å². The van der Waals surface area contributed by atoms with Crippen molar-refractivity contribution in [2.75, 3.05) is 0 Å². The van der Waals surface area contributed by atoms with Gasteiger partial charge >= 0.3 is 0 Å². The first-order chi connectivity index (χ1) is 10.9. The maximum Gasteiger partial charge on any atom is 0.196 e. The van der Waals surface area contributed by atoms with Gasteiger partial charge in [0.05, 0.1) is 8.07 Å². The zero-order chi connectivity index (χ0) is 16.4. The Morgan fingerprint density at radius 3 is 2.61 bits per heavy atom. The maximum atomic E-state index is 4.80. The second kappa shape index (κ2) is 4.65. The Morgan fingerprint density at radius 2 is 1.87 bits per heavy atom. The normalized spacial score (nSPS) is 12.6. The molecular weight excluding hydrogens is 298 g/mol. The van der Waals surface area contributed by atoms with Gasteiger partial charge in [-0.25, -0.2) is 0 Å². The summed E-state index contributed by atoms with van der Waals surface area (Å²) >= 11 is 0. The number of pyridine rings is 2. The molecule has 3 heterocycles. The number of hydrogen-bond acceptors (Lipinski definition) is 1.